The number of hydrogen-bond acceptors (Lipinski definition) is 1. The zero-order valence-corrected chi connectivity index (χ0v) is 10.4. The van der Waals surface area contributed by atoms with Gasteiger partial charge in [0.1, 0.15) is 0 Å². The minimum absolute atomic E-state index is 0.472. The fourth-order valence-electron chi connectivity index (χ4n) is 2.93. The van der Waals surface area contributed by atoms with E-state index < -0.39 is 5.60 Å². The lowest BCUT2D eigenvalue weighted by Crippen LogP contribution is -2.32. The van der Waals surface area contributed by atoms with Crippen LogP contribution in [0.1, 0.15) is 44.2 Å². The van der Waals surface area contributed by atoms with E-state index in [0.29, 0.717) is 5.92 Å². The second kappa shape index (κ2) is 4.58. The Morgan fingerprint density at radius 2 is 1.62 bits per heavy atom. The molecule has 1 N–H and O–H groups in total. The standard InChI is InChI=1S/C15H22O/c1-3-12(4-2)9-15(16)10-13-7-5-6-8-14(13)11-15/h5-8,12,16H,3-4,9-11H2,1-2H3. The van der Waals surface area contributed by atoms with Crippen LogP contribution >= 0.6 is 0 Å². The summed E-state index contributed by atoms with van der Waals surface area (Å²) in [6.45, 7) is 4.44. The van der Waals surface area contributed by atoms with Gasteiger partial charge in [-0.15, -0.1) is 0 Å². The highest BCUT2D eigenvalue weighted by Gasteiger charge is 2.36. The van der Waals surface area contributed by atoms with Gasteiger partial charge in [-0.25, -0.2) is 0 Å². The average Bonchev–Trinajstić information content (AvgIpc) is 2.62. The molecule has 0 saturated heterocycles. The molecule has 0 heterocycles. The van der Waals surface area contributed by atoms with Gasteiger partial charge in [-0.3, -0.25) is 0 Å². The lowest BCUT2D eigenvalue weighted by atomic mass is 9.85. The fraction of sp³-hybridized carbons (Fsp3) is 0.600. The Bertz CT molecular complexity index is 327. The van der Waals surface area contributed by atoms with Crippen LogP contribution in [0.4, 0.5) is 0 Å². The molecule has 0 atom stereocenters. The lowest BCUT2D eigenvalue weighted by molar-refractivity contribution is 0.0242. The molecular weight excluding hydrogens is 196 g/mol. The Labute approximate surface area is 98.5 Å². The summed E-state index contributed by atoms with van der Waals surface area (Å²) >= 11 is 0. The third kappa shape index (κ3) is 2.30. The molecule has 1 aliphatic rings. The smallest absolute Gasteiger partial charge is 0.0730 e. The van der Waals surface area contributed by atoms with Gasteiger partial charge in [-0.1, -0.05) is 51.0 Å². The second-order valence-corrected chi connectivity index (χ2v) is 5.23. The summed E-state index contributed by atoms with van der Waals surface area (Å²) < 4.78 is 0. The topological polar surface area (TPSA) is 20.2 Å². The van der Waals surface area contributed by atoms with E-state index in [1.165, 1.54) is 24.0 Å². The largest absolute Gasteiger partial charge is 0.389 e. The third-order valence-corrected chi connectivity index (χ3v) is 3.98. The molecule has 1 aliphatic carbocycles. The number of fused-ring (bicyclic) bond motifs is 1. The molecular formula is C15H22O. The molecule has 2 rings (SSSR count). The number of rotatable bonds is 4. The molecule has 1 aromatic rings. The molecule has 0 amide bonds. The Morgan fingerprint density at radius 3 is 2.06 bits per heavy atom. The van der Waals surface area contributed by atoms with Gasteiger partial charge in [0, 0.05) is 12.8 Å². The molecule has 0 aromatic heterocycles. The summed E-state index contributed by atoms with van der Waals surface area (Å²) in [7, 11) is 0. The van der Waals surface area contributed by atoms with E-state index in [-0.39, 0.29) is 0 Å². The Morgan fingerprint density at radius 1 is 1.12 bits per heavy atom. The predicted octanol–water partition coefficient (Wildman–Crippen LogP) is 3.34. The van der Waals surface area contributed by atoms with E-state index in [0.717, 1.165) is 19.3 Å². The summed E-state index contributed by atoms with van der Waals surface area (Å²) in [4.78, 5) is 0. The monoisotopic (exact) mass is 218 g/mol. The quantitative estimate of drug-likeness (QED) is 0.821. The molecule has 1 heteroatoms. The van der Waals surface area contributed by atoms with Crippen LogP contribution < -0.4 is 0 Å². The van der Waals surface area contributed by atoms with E-state index >= 15 is 0 Å². The first-order valence-electron chi connectivity index (χ1n) is 6.46. The van der Waals surface area contributed by atoms with E-state index in [2.05, 4.69) is 38.1 Å². The highest BCUT2D eigenvalue weighted by Crippen LogP contribution is 2.35. The summed E-state index contributed by atoms with van der Waals surface area (Å²) in [5.74, 6) is 0.666. The van der Waals surface area contributed by atoms with E-state index in [4.69, 9.17) is 0 Å². The summed E-state index contributed by atoms with van der Waals surface area (Å²) in [6.07, 6.45) is 5.00. The first kappa shape index (κ1) is 11.7. The van der Waals surface area contributed by atoms with Crippen LogP contribution in [0.5, 0.6) is 0 Å². The molecule has 0 saturated carbocycles. The molecule has 1 aromatic carbocycles. The number of hydrogen-bond donors (Lipinski definition) is 1. The van der Waals surface area contributed by atoms with Crippen LogP contribution in [0.2, 0.25) is 0 Å². The van der Waals surface area contributed by atoms with Crippen molar-refractivity contribution in [1.29, 1.82) is 0 Å². The van der Waals surface area contributed by atoms with Gasteiger partial charge >= 0.3 is 0 Å². The van der Waals surface area contributed by atoms with Gasteiger partial charge in [0.05, 0.1) is 5.60 Å². The second-order valence-electron chi connectivity index (χ2n) is 5.23. The molecule has 0 radical (unpaired) electrons. The van der Waals surface area contributed by atoms with E-state index in [9.17, 15) is 5.11 Å². The van der Waals surface area contributed by atoms with Crippen LogP contribution in [0.3, 0.4) is 0 Å². The highest BCUT2D eigenvalue weighted by molar-refractivity contribution is 5.35. The number of aliphatic hydroxyl groups is 1. The maximum atomic E-state index is 10.6. The highest BCUT2D eigenvalue weighted by atomic mass is 16.3. The Hall–Kier alpha value is -0.820. The molecule has 16 heavy (non-hydrogen) atoms. The van der Waals surface area contributed by atoms with Crippen molar-refractivity contribution >= 4 is 0 Å². The first-order valence-corrected chi connectivity index (χ1v) is 6.46. The lowest BCUT2D eigenvalue weighted by Gasteiger charge is -2.26. The van der Waals surface area contributed by atoms with Crippen LogP contribution in [-0.4, -0.2) is 10.7 Å². The van der Waals surface area contributed by atoms with Gasteiger partial charge in [0.25, 0.3) is 0 Å². The number of benzene rings is 1. The molecule has 0 fully saturated rings. The minimum Gasteiger partial charge on any atom is -0.389 e. The van der Waals surface area contributed by atoms with Crippen LogP contribution in [-0.2, 0) is 12.8 Å². The molecule has 0 bridgehead atoms. The molecule has 1 nitrogen and oxygen atoms in total. The summed E-state index contributed by atoms with van der Waals surface area (Å²) in [5, 5.41) is 10.6. The maximum Gasteiger partial charge on any atom is 0.0730 e. The van der Waals surface area contributed by atoms with Gasteiger partial charge in [0.2, 0.25) is 0 Å². The van der Waals surface area contributed by atoms with Crippen LogP contribution in [0, 0.1) is 5.92 Å². The van der Waals surface area contributed by atoms with E-state index in [1.807, 2.05) is 0 Å². The van der Waals surface area contributed by atoms with Crippen molar-refractivity contribution in [2.75, 3.05) is 0 Å². The third-order valence-electron chi connectivity index (χ3n) is 3.98. The van der Waals surface area contributed by atoms with Crippen molar-refractivity contribution in [3.63, 3.8) is 0 Å². The van der Waals surface area contributed by atoms with Crippen molar-refractivity contribution in [3.05, 3.63) is 35.4 Å². The SMILES string of the molecule is CCC(CC)CC1(O)Cc2ccccc2C1. The van der Waals surface area contributed by atoms with Crippen molar-refractivity contribution in [1.82, 2.24) is 0 Å². The van der Waals surface area contributed by atoms with E-state index in [1.54, 1.807) is 0 Å². The summed E-state index contributed by atoms with van der Waals surface area (Å²) in [6, 6.07) is 8.45. The summed E-state index contributed by atoms with van der Waals surface area (Å²) in [5.41, 5.74) is 2.22. The Balaban J connectivity index is 2.08. The van der Waals surface area contributed by atoms with Crippen molar-refractivity contribution in [2.24, 2.45) is 5.92 Å². The Kier molecular flexibility index (Phi) is 3.34. The van der Waals surface area contributed by atoms with Gasteiger partial charge in [0.15, 0.2) is 0 Å². The van der Waals surface area contributed by atoms with Crippen molar-refractivity contribution in [2.45, 2.75) is 51.6 Å². The molecule has 0 spiro atoms. The normalized spacial score (nSPS) is 17.8. The fourth-order valence-corrected chi connectivity index (χ4v) is 2.93. The van der Waals surface area contributed by atoms with Gasteiger partial charge in [-0.05, 0) is 23.5 Å². The first-order chi connectivity index (χ1) is 7.67. The van der Waals surface area contributed by atoms with Crippen molar-refractivity contribution < 1.29 is 5.11 Å². The minimum atomic E-state index is -0.472. The van der Waals surface area contributed by atoms with Crippen LogP contribution in [0.25, 0.3) is 0 Å². The van der Waals surface area contributed by atoms with Crippen LogP contribution in [0.15, 0.2) is 24.3 Å². The molecule has 0 unspecified atom stereocenters. The van der Waals surface area contributed by atoms with Gasteiger partial charge < -0.3 is 5.11 Å². The van der Waals surface area contributed by atoms with Crippen molar-refractivity contribution in [3.8, 4) is 0 Å². The molecule has 88 valence electrons. The average molecular weight is 218 g/mol. The predicted molar refractivity (Wildman–Crippen MR) is 67.5 cm³/mol. The zero-order valence-electron chi connectivity index (χ0n) is 10.4. The molecule has 0 aliphatic heterocycles. The maximum absolute atomic E-state index is 10.6. The zero-order chi connectivity index (χ0) is 11.6. The van der Waals surface area contributed by atoms with Gasteiger partial charge in [-0.2, -0.15) is 0 Å².